The molecule has 6 nitrogen and oxygen atoms in total. The SMILES string of the molecule is CN=C(NCCCCCOC1CCCCC1)N1CCC(CC(=O)NC)CC1. The van der Waals surface area contributed by atoms with Crippen molar-refractivity contribution in [3.05, 3.63) is 0 Å². The van der Waals surface area contributed by atoms with E-state index in [9.17, 15) is 4.79 Å². The molecule has 0 aromatic carbocycles. The summed E-state index contributed by atoms with van der Waals surface area (Å²) in [6.45, 7) is 3.85. The van der Waals surface area contributed by atoms with Crippen molar-refractivity contribution in [1.29, 1.82) is 0 Å². The molecule has 2 rings (SSSR count). The molecule has 0 unspecified atom stereocenters. The Morgan fingerprint density at radius 3 is 2.48 bits per heavy atom. The summed E-state index contributed by atoms with van der Waals surface area (Å²) in [5.41, 5.74) is 0. The fraction of sp³-hybridized carbons (Fsp3) is 0.905. The lowest BCUT2D eigenvalue weighted by molar-refractivity contribution is -0.121. The minimum Gasteiger partial charge on any atom is -0.378 e. The average Bonchev–Trinajstić information content (AvgIpc) is 2.71. The van der Waals surface area contributed by atoms with Crippen LogP contribution in [0.4, 0.5) is 0 Å². The van der Waals surface area contributed by atoms with Gasteiger partial charge in [0, 0.05) is 46.8 Å². The number of carbonyl (C=O) groups excluding carboxylic acids is 1. The smallest absolute Gasteiger partial charge is 0.220 e. The number of unbranched alkanes of at least 4 members (excludes halogenated alkanes) is 2. The van der Waals surface area contributed by atoms with Crippen molar-refractivity contribution in [1.82, 2.24) is 15.5 Å². The van der Waals surface area contributed by atoms with Crippen LogP contribution in [0.5, 0.6) is 0 Å². The third kappa shape index (κ3) is 8.50. The largest absolute Gasteiger partial charge is 0.378 e. The molecule has 0 bridgehead atoms. The first-order valence-corrected chi connectivity index (χ1v) is 11.0. The monoisotopic (exact) mass is 380 g/mol. The van der Waals surface area contributed by atoms with Gasteiger partial charge in [0.1, 0.15) is 0 Å². The van der Waals surface area contributed by atoms with E-state index in [2.05, 4.69) is 20.5 Å². The number of hydrogen-bond acceptors (Lipinski definition) is 3. The highest BCUT2D eigenvalue weighted by atomic mass is 16.5. The number of aliphatic imine (C=N–C) groups is 1. The highest BCUT2D eigenvalue weighted by Gasteiger charge is 2.22. The minimum absolute atomic E-state index is 0.156. The van der Waals surface area contributed by atoms with Crippen molar-refractivity contribution in [2.75, 3.05) is 40.3 Å². The van der Waals surface area contributed by atoms with Crippen LogP contribution >= 0.6 is 0 Å². The molecule has 2 fully saturated rings. The first kappa shape index (κ1) is 22.0. The number of guanidine groups is 1. The Kier molecular flexibility index (Phi) is 10.6. The van der Waals surface area contributed by atoms with Crippen LogP contribution in [0.15, 0.2) is 4.99 Å². The summed E-state index contributed by atoms with van der Waals surface area (Å²) in [6.07, 6.45) is 13.4. The zero-order chi connectivity index (χ0) is 19.3. The number of piperidine rings is 1. The Morgan fingerprint density at radius 1 is 1.07 bits per heavy atom. The number of hydrogen-bond donors (Lipinski definition) is 2. The Hall–Kier alpha value is -1.30. The number of amides is 1. The number of carbonyl (C=O) groups is 1. The second kappa shape index (κ2) is 13.0. The summed E-state index contributed by atoms with van der Waals surface area (Å²) in [7, 11) is 3.57. The molecule has 27 heavy (non-hydrogen) atoms. The van der Waals surface area contributed by atoms with Gasteiger partial charge in [-0.2, -0.15) is 0 Å². The van der Waals surface area contributed by atoms with Crippen LogP contribution in [0.3, 0.4) is 0 Å². The fourth-order valence-electron chi connectivity index (χ4n) is 4.13. The third-order valence-corrected chi connectivity index (χ3v) is 5.89. The van der Waals surface area contributed by atoms with Gasteiger partial charge in [-0.25, -0.2) is 0 Å². The van der Waals surface area contributed by atoms with Crippen molar-refractivity contribution in [2.24, 2.45) is 10.9 Å². The quantitative estimate of drug-likeness (QED) is 0.367. The topological polar surface area (TPSA) is 66.0 Å². The number of nitrogens with one attached hydrogen (secondary N) is 2. The van der Waals surface area contributed by atoms with Crippen LogP contribution in [0.2, 0.25) is 0 Å². The summed E-state index contributed by atoms with van der Waals surface area (Å²) in [6, 6.07) is 0. The molecule has 2 N–H and O–H groups in total. The molecule has 2 aliphatic rings. The molecule has 6 heteroatoms. The second-order valence-electron chi connectivity index (χ2n) is 7.97. The normalized spacial score (nSPS) is 19.9. The van der Waals surface area contributed by atoms with E-state index in [1.807, 2.05) is 7.05 Å². The van der Waals surface area contributed by atoms with Crippen molar-refractivity contribution < 1.29 is 9.53 Å². The summed E-state index contributed by atoms with van der Waals surface area (Å²) in [5.74, 6) is 1.67. The van der Waals surface area contributed by atoms with Gasteiger partial charge in [0.15, 0.2) is 5.96 Å². The first-order valence-electron chi connectivity index (χ1n) is 11.0. The number of likely N-dealkylation sites (tertiary alicyclic amines) is 1. The molecule has 1 heterocycles. The van der Waals surface area contributed by atoms with E-state index >= 15 is 0 Å². The van der Waals surface area contributed by atoms with E-state index in [0.29, 0.717) is 18.4 Å². The van der Waals surface area contributed by atoms with Crippen molar-refractivity contribution in [3.63, 3.8) is 0 Å². The highest BCUT2D eigenvalue weighted by Crippen LogP contribution is 2.21. The lowest BCUT2D eigenvalue weighted by Gasteiger charge is -2.34. The minimum atomic E-state index is 0.156. The van der Waals surface area contributed by atoms with Crippen LogP contribution in [0, 0.1) is 5.92 Å². The van der Waals surface area contributed by atoms with Crippen molar-refractivity contribution in [3.8, 4) is 0 Å². The number of rotatable bonds is 9. The number of ether oxygens (including phenoxy) is 1. The molecule has 1 aliphatic heterocycles. The van der Waals surface area contributed by atoms with Crippen LogP contribution < -0.4 is 10.6 Å². The van der Waals surface area contributed by atoms with E-state index in [0.717, 1.165) is 57.9 Å². The maximum atomic E-state index is 11.5. The predicted octanol–water partition coefficient (Wildman–Crippen LogP) is 2.93. The van der Waals surface area contributed by atoms with Crippen molar-refractivity contribution in [2.45, 2.75) is 76.7 Å². The predicted molar refractivity (Wildman–Crippen MR) is 111 cm³/mol. The van der Waals surface area contributed by atoms with Gasteiger partial charge >= 0.3 is 0 Å². The molecule has 0 aromatic heterocycles. The van der Waals surface area contributed by atoms with Crippen molar-refractivity contribution >= 4 is 11.9 Å². The van der Waals surface area contributed by atoms with Gasteiger partial charge < -0.3 is 20.3 Å². The van der Waals surface area contributed by atoms with Gasteiger partial charge in [-0.3, -0.25) is 9.79 Å². The Balaban J connectivity index is 1.51. The van der Waals surface area contributed by atoms with Gasteiger partial charge in [0.05, 0.1) is 6.10 Å². The molecule has 0 radical (unpaired) electrons. The van der Waals surface area contributed by atoms with Gasteiger partial charge in [-0.1, -0.05) is 19.3 Å². The standard InChI is InChI=1S/C21H40N4O2/c1-22-20(26)17-18-11-14-25(15-12-18)21(23-2)24-13-7-4-8-16-27-19-9-5-3-6-10-19/h18-19H,3-17H2,1-2H3,(H,22,26)(H,23,24). The molecule has 0 aromatic rings. The van der Waals surface area contributed by atoms with Crippen LogP contribution in [-0.4, -0.2) is 63.2 Å². The van der Waals surface area contributed by atoms with Crippen LogP contribution in [0.25, 0.3) is 0 Å². The summed E-state index contributed by atoms with van der Waals surface area (Å²) >= 11 is 0. The average molecular weight is 381 g/mol. The summed E-state index contributed by atoms with van der Waals surface area (Å²) < 4.78 is 5.99. The van der Waals surface area contributed by atoms with E-state index in [4.69, 9.17) is 4.74 Å². The highest BCUT2D eigenvalue weighted by molar-refractivity contribution is 5.80. The lowest BCUT2D eigenvalue weighted by atomic mass is 9.93. The molecule has 1 saturated carbocycles. The van der Waals surface area contributed by atoms with Gasteiger partial charge in [-0.05, 0) is 50.9 Å². The summed E-state index contributed by atoms with van der Waals surface area (Å²) in [5, 5.41) is 6.23. The molecular weight excluding hydrogens is 340 g/mol. The maximum absolute atomic E-state index is 11.5. The van der Waals surface area contributed by atoms with Gasteiger partial charge in [0.25, 0.3) is 0 Å². The third-order valence-electron chi connectivity index (χ3n) is 5.89. The number of nitrogens with zero attached hydrogens (tertiary/aromatic N) is 2. The maximum Gasteiger partial charge on any atom is 0.220 e. The fourth-order valence-corrected chi connectivity index (χ4v) is 4.13. The van der Waals surface area contributed by atoms with Gasteiger partial charge in [0.2, 0.25) is 5.91 Å². The Labute approximate surface area is 165 Å². The Bertz CT molecular complexity index is 441. The Morgan fingerprint density at radius 2 is 1.81 bits per heavy atom. The molecular formula is C21H40N4O2. The molecule has 1 saturated heterocycles. The lowest BCUT2D eigenvalue weighted by Crippen LogP contribution is -2.46. The summed E-state index contributed by atoms with van der Waals surface area (Å²) in [4.78, 5) is 18.3. The molecule has 0 spiro atoms. The molecule has 1 amide bonds. The van der Waals surface area contributed by atoms with Gasteiger partial charge in [-0.15, -0.1) is 0 Å². The molecule has 156 valence electrons. The second-order valence-corrected chi connectivity index (χ2v) is 7.97. The van der Waals surface area contributed by atoms with E-state index in [-0.39, 0.29) is 5.91 Å². The van der Waals surface area contributed by atoms with E-state index in [1.54, 1.807) is 7.05 Å². The van der Waals surface area contributed by atoms with Crippen LogP contribution in [0.1, 0.15) is 70.6 Å². The molecule has 1 aliphatic carbocycles. The zero-order valence-corrected chi connectivity index (χ0v) is 17.5. The van der Waals surface area contributed by atoms with Crippen LogP contribution in [-0.2, 0) is 9.53 Å². The van der Waals surface area contributed by atoms with E-state index < -0.39 is 0 Å². The zero-order valence-electron chi connectivity index (χ0n) is 17.5. The first-order chi connectivity index (χ1) is 13.2. The molecule has 0 atom stereocenters. The van der Waals surface area contributed by atoms with E-state index in [1.165, 1.54) is 38.5 Å².